The van der Waals surface area contributed by atoms with Crippen molar-refractivity contribution in [3.8, 4) is 0 Å². The predicted molar refractivity (Wildman–Crippen MR) is 94.9 cm³/mol. The molecule has 1 aliphatic rings. The second-order valence-electron chi connectivity index (χ2n) is 5.68. The van der Waals surface area contributed by atoms with E-state index in [4.69, 9.17) is 0 Å². The number of nitrogens with zero attached hydrogens (tertiary/aromatic N) is 3. The summed E-state index contributed by atoms with van der Waals surface area (Å²) in [4.78, 5) is 14.0. The fourth-order valence-electron chi connectivity index (χ4n) is 2.76. The van der Waals surface area contributed by atoms with Crippen LogP contribution < -0.4 is 5.32 Å². The molecule has 1 aromatic carbocycles. The molecule has 1 amide bonds. The van der Waals surface area contributed by atoms with Crippen LogP contribution in [0.5, 0.6) is 0 Å². The molecule has 0 spiro atoms. The quantitative estimate of drug-likeness (QED) is 0.787. The fourth-order valence-corrected chi connectivity index (χ4v) is 4.36. The smallest absolute Gasteiger partial charge is 0.282 e. The van der Waals surface area contributed by atoms with Crippen molar-refractivity contribution >= 4 is 21.8 Å². The van der Waals surface area contributed by atoms with Crippen molar-refractivity contribution in [1.82, 2.24) is 13.5 Å². The van der Waals surface area contributed by atoms with Crippen LogP contribution in [0.2, 0.25) is 0 Å². The maximum absolute atomic E-state index is 12.5. The largest absolute Gasteiger partial charge is 0.325 e. The molecule has 0 aromatic heterocycles. The van der Waals surface area contributed by atoms with E-state index in [-0.39, 0.29) is 12.5 Å². The lowest BCUT2D eigenvalue weighted by Gasteiger charge is -2.35. The first-order valence-corrected chi connectivity index (χ1v) is 9.69. The average Bonchev–Trinajstić information content (AvgIpc) is 2.57. The molecule has 8 heteroatoms. The molecule has 0 saturated carbocycles. The molecule has 24 heavy (non-hydrogen) atoms. The van der Waals surface area contributed by atoms with Gasteiger partial charge < -0.3 is 5.32 Å². The molecular formula is C16H26N4O3S. The van der Waals surface area contributed by atoms with Gasteiger partial charge in [-0.3, -0.25) is 9.69 Å². The number of hydrogen-bond acceptors (Lipinski definition) is 4. The molecule has 1 fully saturated rings. The van der Waals surface area contributed by atoms with Gasteiger partial charge >= 0.3 is 0 Å². The van der Waals surface area contributed by atoms with Crippen molar-refractivity contribution in [1.29, 1.82) is 0 Å². The van der Waals surface area contributed by atoms with Crippen molar-refractivity contribution < 1.29 is 13.2 Å². The molecule has 0 unspecified atom stereocenters. The molecule has 1 saturated heterocycles. The second kappa shape index (κ2) is 8.57. The zero-order valence-electron chi connectivity index (χ0n) is 14.3. The standard InChI is InChI=1S/C16H26N4O3S/c1-3-19(4-2)24(22,23)20-12-10-18(11-13-20)14-16(21)17-15-8-6-5-7-9-15/h5-9H,3-4,10-14H2,1-2H3,(H,17,21). The molecule has 1 aliphatic heterocycles. The highest BCUT2D eigenvalue weighted by Gasteiger charge is 2.31. The number of rotatable bonds is 7. The van der Waals surface area contributed by atoms with Gasteiger partial charge in [0.25, 0.3) is 10.2 Å². The molecule has 7 nitrogen and oxygen atoms in total. The molecule has 1 aromatic rings. The van der Waals surface area contributed by atoms with Gasteiger partial charge in [0.05, 0.1) is 6.54 Å². The van der Waals surface area contributed by atoms with Crippen molar-refractivity contribution in [3.05, 3.63) is 30.3 Å². The number of piperazine rings is 1. The van der Waals surface area contributed by atoms with Crippen molar-refractivity contribution in [2.45, 2.75) is 13.8 Å². The van der Waals surface area contributed by atoms with Crippen LogP contribution in [-0.2, 0) is 15.0 Å². The van der Waals surface area contributed by atoms with E-state index in [0.29, 0.717) is 39.3 Å². The van der Waals surface area contributed by atoms with E-state index in [0.717, 1.165) is 5.69 Å². The van der Waals surface area contributed by atoms with E-state index in [9.17, 15) is 13.2 Å². The summed E-state index contributed by atoms with van der Waals surface area (Å²) in [5.74, 6) is -0.0822. The third-order valence-electron chi connectivity index (χ3n) is 4.11. The van der Waals surface area contributed by atoms with E-state index in [1.165, 1.54) is 8.61 Å². The zero-order chi connectivity index (χ0) is 17.6. The third-order valence-corrected chi connectivity index (χ3v) is 6.30. The normalized spacial score (nSPS) is 17.1. The van der Waals surface area contributed by atoms with Crippen molar-refractivity contribution in [2.75, 3.05) is 51.1 Å². The summed E-state index contributed by atoms with van der Waals surface area (Å²) in [6.07, 6.45) is 0. The average molecular weight is 354 g/mol. The SMILES string of the molecule is CCN(CC)S(=O)(=O)N1CCN(CC(=O)Nc2ccccc2)CC1. The van der Waals surface area contributed by atoms with Crippen molar-refractivity contribution in [3.63, 3.8) is 0 Å². The molecular weight excluding hydrogens is 328 g/mol. The lowest BCUT2D eigenvalue weighted by molar-refractivity contribution is -0.117. The first-order chi connectivity index (χ1) is 11.5. The summed E-state index contributed by atoms with van der Waals surface area (Å²) in [6, 6.07) is 9.31. The Labute approximate surface area is 144 Å². The Kier molecular flexibility index (Phi) is 6.73. The van der Waals surface area contributed by atoms with Gasteiger partial charge in [0.1, 0.15) is 0 Å². The number of carbonyl (C=O) groups is 1. The number of para-hydroxylation sites is 1. The minimum atomic E-state index is -3.39. The molecule has 1 N–H and O–H groups in total. The Morgan fingerprint density at radius 3 is 2.21 bits per heavy atom. The summed E-state index contributed by atoms with van der Waals surface area (Å²) >= 11 is 0. The predicted octanol–water partition coefficient (Wildman–Crippen LogP) is 0.829. The first-order valence-electron chi connectivity index (χ1n) is 8.29. The van der Waals surface area contributed by atoms with E-state index < -0.39 is 10.2 Å². The Morgan fingerprint density at radius 1 is 1.08 bits per heavy atom. The fraction of sp³-hybridized carbons (Fsp3) is 0.562. The molecule has 0 atom stereocenters. The summed E-state index contributed by atoms with van der Waals surface area (Å²) < 4.78 is 27.9. The molecule has 2 rings (SSSR count). The Morgan fingerprint density at radius 2 is 1.67 bits per heavy atom. The Bertz CT molecular complexity index is 624. The number of benzene rings is 1. The van der Waals surface area contributed by atoms with E-state index in [1.54, 1.807) is 0 Å². The lowest BCUT2D eigenvalue weighted by atomic mass is 10.3. The minimum absolute atomic E-state index is 0.0822. The highest BCUT2D eigenvalue weighted by molar-refractivity contribution is 7.86. The summed E-state index contributed by atoms with van der Waals surface area (Å²) in [5.41, 5.74) is 0.769. The van der Waals surface area contributed by atoms with Crippen LogP contribution in [0, 0.1) is 0 Å². The summed E-state index contributed by atoms with van der Waals surface area (Å²) in [5, 5.41) is 2.85. The highest BCUT2D eigenvalue weighted by atomic mass is 32.2. The minimum Gasteiger partial charge on any atom is -0.325 e. The maximum atomic E-state index is 12.5. The second-order valence-corrected chi connectivity index (χ2v) is 7.61. The van der Waals surface area contributed by atoms with E-state index in [1.807, 2.05) is 49.1 Å². The number of amides is 1. The van der Waals surface area contributed by atoms with E-state index in [2.05, 4.69) is 5.32 Å². The number of nitrogens with one attached hydrogen (secondary N) is 1. The van der Waals surface area contributed by atoms with Crippen LogP contribution in [-0.4, -0.2) is 73.6 Å². The molecule has 0 bridgehead atoms. The van der Waals surface area contributed by atoms with Crippen LogP contribution in [0.25, 0.3) is 0 Å². The summed E-state index contributed by atoms with van der Waals surface area (Å²) in [7, 11) is -3.39. The Hall–Kier alpha value is -1.48. The van der Waals surface area contributed by atoms with Crippen LogP contribution in [0.1, 0.15) is 13.8 Å². The zero-order valence-corrected chi connectivity index (χ0v) is 15.1. The van der Waals surface area contributed by atoms with Crippen molar-refractivity contribution in [2.24, 2.45) is 0 Å². The maximum Gasteiger partial charge on any atom is 0.282 e. The van der Waals surface area contributed by atoms with Gasteiger partial charge in [-0.2, -0.15) is 17.0 Å². The monoisotopic (exact) mass is 354 g/mol. The molecule has 0 radical (unpaired) electrons. The lowest BCUT2D eigenvalue weighted by Crippen LogP contribution is -2.54. The third kappa shape index (κ3) is 4.76. The van der Waals surface area contributed by atoms with Gasteiger partial charge in [0, 0.05) is 45.0 Å². The molecule has 1 heterocycles. The topological polar surface area (TPSA) is 73.0 Å². The van der Waals surface area contributed by atoms with Crippen LogP contribution in [0.4, 0.5) is 5.69 Å². The van der Waals surface area contributed by atoms with Gasteiger partial charge in [-0.25, -0.2) is 0 Å². The van der Waals surface area contributed by atoms with Crippen LogP contribution in [0.3, 0.4) is 0 Å². The first kappa shape index (κ1) is 18.9. The van der Waals surface area contributed by atoms with Gasteiger partial charge in [0.15, 0.2) is 0 Å². The summed E-state index contributed by atoms with van der Waals surface area (Å²) in [6.45, 7) is 6.84. The van der Waals surface area contributed by atoms with Gasteiger partial charge in [-0.15, -0.1) is 0 Å². The molecule has 0 aliphatic carbocycles. The van der Waals surface area contributed by atoms with E-state index >= 15 is 0 Å². The van der Waals surface area contributed by atoms with Crippen LogP contribution in [0.15, 0.2) is 30.3 Å². The number of carbonyl (C=O) groups excluding carboxylic acids is 1. The van der Waals surface area contributed by atoms with Gasteiger partial charge in [0.2, 0.25) is 5.91 Å². The molecule has 134 valence electrons. The van der Waals surface area contributed by atoms with Gasteiger partial charge in [-0.1, -0.05) is 32.0 Å². The van der Waals surface area contributed by atoms with Gasteiger partial charge in [-0.05, 0) is 12.1 Å². The number of hydrogen-bond donors (Lipinski definition) is 1. The Balaban J connectivity index is 1.83. The highest BCUT2D eigenvalue weighted by Crippen LogP contribution is 2.12. The van der Waals surface area contributed by atoms with Crippen LogP contribution >= 0.6 is 0 Å². The number of anilines is 1.